The zero-order valence-corrected chi connectivity index (χ0v) is 7.40. The predicted molar refractivity (Wildman–Crippen MR) is 49.0 cm³/mol. The van der Waals surface area contributed by atoms with Crippen molar-refractivity contribution in [2.24, 2.45) is 5.92 Å². The maximum Gasteiger partial charge on any atom is 0.206 e. The zero-order chi connectivity index (χ0) is 10.1. The van der Waals surface area contributed by atoms with Crippen molar-refractivity contribution in [1.29, 1.82) is 0 Å². The van der Waals surface area contributed by atoms with Crippen LogP contribution in [-0.4, -0.2) is 17.9 Å². The highest BCUT2D eigenvalue weighted by Crippen LogP contribution is 2.26. The standard InChI is InChI=1S/C11H8O3/c12-6-10(13)9-5-7-3-1-2-4-8(7)11(9)14/h1-4,6,9H,5H2. The molecule has 0 bridgehead atoms. The Morgan fingerprint density at radius 1 is 1.36 bits per heavy atom. The number of rotatable bonds is 2. The summed E-state index contributed by atoms with van der Waals surface area (Å²) in [5.74, 6) is -1.62. The number of hydrogen-bond donors (Lipinski definition) is 0. The van der Waals surface area contributed by atoms with E-state index >= 15 is 0 Å². The molecule has 1 aliphatic carbocycles. The highest BCUT2D eigenvalue weighted by atomic mass is 16.2. The van der Waals surface area contributed by atoms with Crippen molar-refractivity contribution < 1.29 is 14.4 Å². The van der Waals surface area contributed by atoms with E-state index in [0.717, 1.165) is 5.56 Å². The lowest BCUT2D eigenvalue weighted by molar-refractivity contribution is -0.131. The molecule has 0 N–H and O–H groups in total. The number of benzene rings is 1. The van der Waals surface area contributed by atoms with Crippen LogP contribution in [0.1, 0.15) is 15.9 Å². The van der Waals surface area contributed by atoms with E-state index < -0.39 is 11.7 Å². The number of Topliss-reactive ketones (excluding diaryl/α,β-unsaturated/α-hetero) is 2. The Morgan fingerprint density at radius 2 is 2.07 bits per heavy atom. The molecular weight excluding hydrogens is 180 g/mol. The Hall–Kier alpha value is -1.77. The normalized spacial score (nSPS) is 19.1. The third-order valence-corrected chi connectivity index (χ3v) is 2.48. The number of carbonyl (C=O) groups excluding carboxylic acids is 3. The predicted octanol–water partition coefficient (Wildman–Crippen LogP) is 0.810. The third kappa shape index (κ3) is 1.18. The molecule has 0 amide bonds. The molecule has 2 rings (SSSR count). The van der Waals surface area contributed by atoms with Gasteiger partial charge < -0.3 is 0 Å². The highest BCUT2D eigenvalue weighted by molar-refractivity contribution is 6.33. The molecule has 0 spiro atoms. The van der Waals surface area contributed by atoms with E-state index in [1.165, 1.54) is 0 Å². The second kappa shape index (κ2) is 3.18. The van der Waals surface area contributed by atoms with Crippen molar-refractivity contribution in [2.45, 2.75) is 6.42 Å². The fourth-order valence-corrected chi connectivity index (χ4v) is 1.75. The minimum absolute atomic E-state index is 0.224. The average molecular weight is 188 g/mol. The third-order valence-electron chi connectivity index (χ3n) is 2.48. The van der Waals surface area contributed by atoms with Gasteiger partial charge in [0.15, 0.2) is 12.1 Å². The minimum Gasteiger partial charge on any atom is -0.295 e. The lowest BCUT2D eigenvalue weighted by atomic mass is 10.0. The number of fused-ring (bicyclic) bond motifs is 1. The van der Waals surface area contributed by atoms with Crippen LogP contribution in [0.3, 0.4) is 0 Å². The molecule has 3 nitrogen and oxygen atoms in total. The van der Waals surface area contributed by atoms with Gasteiger partial charge in [-0.25, -0.2) is 0 Å². The number of aldehydes is 1. The van der Waals surface area contributed by atoms with Gasteiger partial charge in [-0.1, -0.05) is 24.3 Å². The van der Waals surface area contributed by atoms with Crippen LogP contribution in [0.15, 0.2) is 24.3 Å². The van der Waals surface area contributed by atoms with Crippen molar-refractivity contribution >= 4 is 17.9 Å². The lowest BCUT2D eigenvalue weighted by Crippen LogP contribution is -2.21. The van der Waals surface area contributed by atoms with Crippen LogP contribution in [0.2, 0.25) is 0 Å². The Kier molecular flexibility index (Phi) is 2.00. The summed E-state index contributed by atoms with van der Waals surface area (Å²) in [5.41, 5.74) is 1.44. The Balaban J connectivity index is 2.39. The maximum atomic E-state index is 11.6. The van der Waals surface area contributed by atoms with Gasteiger partial charge in [-0.15, -0.1) is 0 Å². The quantitative estimate of drug-likeness (QED) is 0.392. The summed E-state index contributed by atoms with van der Waals surface area (Å²) in [4.78, 5) is 33.0. The molecular formula is C11H8O3. The van der Waals surface area contributed by atoms with Crippen LogP contribution < -0.4 is 0 Å². The summed E-state index contributed by atoms with van der Waals surface area (Å²) in [5, 5.41) is 0. The topological polar surface area (TPSA) is 51.2 Å². The van der Waals surface area contributed by atoms with Gasteiger partial charge in [0, 0.05) is 5.56 Å². The van der Waals surface area contributed by atoms with E-state index in [4.69, 9.17) is 0 Å². The summed E-state index contributed by atoms with van der Waals surface area (Å²) < 4.78 is 0. The number of ketones is 2. The number of hydrogen-bond acceptors (Lipinski definition) is 3. The van der Waals surface area contributed by atoms with E-state index in [1.807, 2.05) is 12.1 Å². The Labute approximate surface area is 80.7 Å². The molecule has 0 aromatic heterocycles. The minimum atomic E-state index is -0.773. The summed E-state index contributed by atoms with van der Waals surface area (Å²) in [6, 6.07) is 7.07. The first-order valence-corrected chi connectivity index (χ1v) is 4.35. The summed E-state index contributed by atoms with van der Waals surface area (Å²) in [7, 11) is 0. The van der Waals surface area contributed by atoms with Crippen LogP contribution >= 0.6 is 0 Å². The van der Waals surface area contributed by atoms with Gasteiger partial charge >= 0.3 is 0 Å². The summed E-state index contributed by atoms with van der Waals surface area (Å²) in [6.45, 7) is 0. The van der Waals surface area contributed by atoms with E-state index in [-0.39, 0.29) is 12.1 Å². The Morgan fingerprint density at radius 3 is 2.71 bits per heavy atom. The fourth-order valence-electron chi connectivity index (χ4n) is 1.75. The summed E-state index contributed by atoms with van der Waals surface area (Å²) in [6.07, 6.45) is 0.598. The van der Waals surface area contributed by atoms with Gasteiger partial charge in [-0.2, -0.15) is 0 Å². The largest absolute Gasteiger partial charge is 0.295 e. The SMILES string of the molecule is O=CC(=O)C1Cc2ccccc2C1=O. The van der Waals surface area contributed by atoms with E-state index in [9.17, 15) is 14.4 Å². The molecule has 1 unspecified atom stereocenters. The van der Waals surface area contributed by atoms with E-state index in [0.29, 0.717) is 12.0 Å². The molecule has 1 aromatic carbocycles. The first-order chi connectivity index (χ1) is 6.74. The second-order valence-corrected chi connectivity index (χ2v) is 3.30. The lowest BCUT2D eigenvalue weighted by Gasteiger charge is -1.98. The van der Waals surface area contributed by atoms with Crippen molar-refractivity contribution in [1.82, 2.24) is 0 Å². The highest BCUT2D eigenvalue weighted by Gasteiger charge is 2.34. The molecule has 0 saturated carbocycles. The van der Waals surface area contributed by atoms with E-state index in [2.05, 4.69) is 0 Å². The van der Waals surface area contributed by atoms with Gasteiger partial charge in [-0.05, 0) is 12.0 Å². The molecule has 3 heteroatoms. The molecule has 0 heterocycles. The molecule has 0 aliphatic heterocycles. The Bertz CT molecular complexity index is 420. The van der Waals surface area contributed by atoms with Crippen molar-refractivity contribution in [3.05, 3.63) is 35.4 Å². The fraction of sp³-hybridized carbons (Fsp3) is 0.182. The molecule has 0 radical (unpaired) electrons. The number of carbonyl (C=O) groups is 3. The molecule has 0 fully saturated rings. The van der Waals surface area contributed by atoms with Crippen molar-refractivity contribution in [2.75, 3.05) is 0 Å². The first kappa shape index (κ1) is 8.81. The average Bonchev–Trinajstić information content (AvgIpc) is 2.56. The zero-order valence-electron chi connectivity index (χ0n) is 7.40. The van der Waals surface area contributed by atoms with Crippen LogP contribution in [0.25, 0.3) is 0 Å². The van der Waals surface area contributed by atoms with Crippen LogP contribution in [0, 0.1) is 5.92 Å². The molecule has 70 valence electrons. The van der Waals surface area contributed by atoms with Gasteiger partial charge in [0.25, 0.3) is 0 Å². The molecule has 1 aliphatic rings. The van der Waals surface area contributed by atoms with Gasteiger partial charge in [0.05, 0.1) is 5.92 Å². The molecule has 1 aromatic rings. The monoisotopic (exact) mass is 188 g/mol. The van der Waals surface area contributed by atoms with Crippen LogP contribution in [0.5, 0.6) is 0 Å². The maximum absolute atomic E-state index is 11.6. The molecule has 14 heavy (non-hydrogen) atoms. The van der Waals surface area contributed by atoms with Gasteiger partial charge in [0.2, 0.25) is 5.78 Å². The van der Waals surface area contributed by atoms with Crippen LogP contribution in [0.4, 0.5) is 0 Å². The molecule has 1 atom stereocenters. The van der Waals surface area contributed by atoms with E-state index in [1.54, 1.807) is 12.1 Å². The van der Waals surface area contributed by atoms with Crippen molar-refractivity contribution in [3.63, 3.8) is 0 Å². The van der Waals surface area contributed by atoms with Crippen LogP contribution in [-0.2, 0) is 16.0 Å². The van der Waals surface area contributed by atoms with Crippen molar-refractivity contribution in [3.8, 4) is 0 Å². The smallest absolute Gasteiger partial charge is 0.206 e. The van der Waals surface area contributed by atoms with Gasteiger partial charge in [-0.3, -0.25) is 14.4 Å². The van der Waals surface area contributed by atoms with Gasteiger partial charge in [0.1, 0.15) is 0 Å². The molecule has 0 saturated heterocycles. The summed E-state index contributed by atoms with van der Waals surface area (Å²) >= 11 is 0. The second-order valence-electron chi connectivity index (χ2n) is 3.30. The first-order valence-electron chi connectivity index (χ1n) is 4.35.